The van der Waals surface area contributed by atoms with Gasteiger partial charge >= 0.3 is 0 Å². The number of pyridine rings is 1. The fraction of sp³-hybridized carbons (Fsp3) is 0.333. The summed E-state index contributed by atoms with van der Waals surface area (Å²) in [5.41, 5.74) is 2.87. The second kappa shape index (κ2) is 10.7. The minimum Gasteiger partial charge on any atom is -0.386 e. The average Bonchev–Trinajstić information content (AvgIpc) is 3.68. The summed E-state index contributed by atoms with van der Waals surface area (Å²) in [5.74, 6) is -0.314. The van der Waals surface area contributed by atoms with Crippen LogP contribution >= 0.6 is 0 Å². The smallest absolute Gasteiger partial charge is 0.261 e. The molecule has 2 aliphatic heterocycles. The molecule has 0 spiro atoms. The van der Waals surface area contributed by atoms with Gasteiger partial charge in [-0.25, -0.2) is 4.98 Å². The number of imidazole rings is 1. The number of aromatic nitrogens is 3. The lowest BCUT2D eigenvalue weighted by Gasteiger charge is -2.22. The van der Waals surface area contributed by atoms with Gasteiger partial charge in [0.25, 0.3) is 17.4 Å². The monoisotopic (exact) mass is 540 g/mol. The molecule has 1 saturated heterocycles. The maximum Gasteiger partial charge on any atom is 0.261 e. The van der Waals surface area contributed by atoms with Crippen molar-refractivity contribution in [1.82, 2.24) is 24.8 Å². The summed E-state index contributed by atoms with van der Waals surface area (Å²) in [6, 6.07) is 13.9. The third-order valence-electron chi connectivity index (χ3n) is 7.82. The number of nitrogens with one attached hydrogen (secondary N) is 3. The third kappa shape index (κ3) is 4.80. The van der Waals surface area contributed by atoms with Crippen LogP contribution in [0.3, 0.4) is 0 Å². The SMILES string of the molecule is C[C@H](Nc1cc[nH]c(=O)c1-c1nc2cc3c(cc2[nH]1)C(=O)N(CCCN1CCCC1)C3=O)[C@@H](O)c1ccccc1. The fourth-order valence-corrected chi connectivity index (χ4v) is 5.67. The maximum absolute atomic E-state index is 13.1. The summed E-state index contributed by atoms with van der Waals surface area (Å²) in [7, 11) is 0. The van der Waals surface area contributed by atoms with Gasteiger partial charge in [-0.15, -0.1) is 0 Å². The van der Waals surface area contributed by atoms with Crippen LogP contribution in [0.1, 0.15) is 58.6 Å². The first kappa shape index (κ1) is 26.0. The van der Waals surface area contributed by atoms with Gasteiger partial charge in [-0.1, -0.05) is 30.3 Å². The van der Waals surface area contributed by atoms with Gasteiger partial charge in [0.1, 0.15) is 11.4 Å². The van der Waals surface area contributed by atoms with Gasteiger partial charge in [0.15, 0.2) is 0 Å². The van der Waals surface area contributed by atoms with Crippen molar-refractivity contribution in [1.29, 1.82) is 0 Å². The maximum atomic E-state index is 13.1. The number of H-pyrrole nitrogens is 2. The van der Waals surface area contributed by atoms with Crippen molar-refractivity contribution in [3.63, 3.8) is 0 Å². The van der Waals surface area contributed by atoms with E-state index in [1.807, 2.05) is 37.3 Å². The van der Waals surface area contributed by atoms with E-state index in [4.69, 9.17) is 0 Å². The number of benzene rings is 2. The number of anilines is 1. The fourth-order valence-electron chi connectivity index (χ4n) is 5.67. The standard InChI is InChI=1S/C30H32N6O4/c1-18(26(37)19-8-3-2-4-9-19)32-22-10-11-31-28(38)25(22)27-33-23-16-20-21(17-24(23)34-27)30(40)36(29(20)39)15-7-14-35-12-5-6-13-35/h2-4,8-11,16-18,26,37H,5-7,12-15H2,1H3,(H,33,34)(H2,31,32,38)/t18-,26+/m0/s1. The molecule has 4 heterocycles. The van der Waals surface area contributed by atoms with Crippen LogP contribution in [0.25, 0.3) is 22.4 Å². The molecule has 2 aromatic carbocycles. The number of likely N-dealkylation sites (tertiary alicyclic amines) is 1. The molecule has 0 unspecified atom stereocenters. The van der Waals surface area contributed by atoms with Crippen molar-refractivity contribution in [3.05, 3.63) is 81.8 Å². The number of amides is 2. The van der Waals surface area contributed by atoms with Crippen LogP contribution < -0.4 is 10.9 Å². The molecule has 40 heavy (non-hydrogen) atoms. The predicted octanol–water partition coefficient (Wildman–Crippen LogP) is 3.53. The van der Waals surface area contributed by atoms with E-state index < -0.39 is 12.1 Å². The molecule has 2 atom stereocenters. The Morgan fingerprint density at radius 2 is 1.73 bits per heavy atom. The van der Waals surface area contributed by atoms with Crippen LogP contribution in [0.5, 0.6) is 0 Å². The highest BCUT2D eigenvalue weighted by Crippen LogP contribution is 2.31. The molecule has 10 nitrogen and oxygen atoms in total. The molecule has 10 heteroatoms. The minimum absolute atomic E-state index is 0.271. The highest BCUT2D eigenvalue weighted by atomic mass is 16.3. The number of rotatable bonds is 9. The van der Waals surface area contributed by atoms with Crippen molar-refractivity contribution >= 4 is 28.5 Å². The first-order valence-electron chi connectivity index (χ1n) is 13.7. The zero-order valence-corrected chi connectivity index (χ0v) is 22.3. The largest absolute Gasteiger partial charge is 0.386 e. The van der Waals surface area contributed by atoms with Crippen molar-refractivity contribution in [3.8, 4) is 11.4 Å². The van der Waals surface area contributed by atoms with E-state index in [1.54, 1.807) is 18.2 Å². The Kier molecular flexibility index (Phi) is 6.95. The van der Waals surface area contributed by atoms with Crippen molar-refractivity contribution in [2.75, 3.05) is 31.5 Å². The van der Waals surface area contributed by atoms with Gasteiger partial charge in [0.2, 0.25) is 0 Å². The number of carbonyl (C=O) groups is 2. The number of aliphatic hydroxyl groups is 1. The molecule has 0 bridgehead atoms. The second-order valence-electron chi connectivity index (χ2n) is 10.5. The number of aromatic amines is 2. The van der Waals surface area contributed by atoms with Crippen LogP contribution in [0.2, 0.25) is 0 Å². The zero-order valence-electron chi connectivity index (χ0n) is 22.3. The highest BCUT2D eigenvalue weighted by molar-refractivity contribution is 6.22. The van der Waals surface area contributed by atoms with Crippen molar-refractivity contribution < 1.29 is 14.7 Å². The quantitative estimate of drug-likeness (QED) is 0.239. The molecule has 0 radical (unpaired) electrons. The van der Waals surface area contributed by atoms with Gasteiger partial charge in [-0.2, -0.15) is 0 Å². The Bertz CT molecular complexity index is 1570. The number of carbonyl (C=O) groups excluding carboxylic acids is 2. The van der Waals surface area contributed by atoms with Crippen LogP contribution in [0.15, 0.2) is 59.5 Å². The Labute approximate surface area is 231 Å². The first-order chi connectivity index (χ1) is 19.4. The van der Waals surface area contributed by atoms with E-state index in [2.05, 4.69) is 25.2 Å². The topological polar surface area (TPSA) is 134 Å². The summed E-state index contributed by atoms with van der Waals surface area (Å²) >= 11 is 0. The number of aliphatic hydroxyl groups excluding tert-OH is 1. The molecule has 2 aromatic heterocycles. The average molecular weight is 541 g/mol. The molecule has 2 aliphatic rings. The Hall–Kier alpha value is -4.28. The number of imide groups is 1. The molecule has 6 rings (SSSR count). The normalized spacial score (nSPS) is 17.0. The van der Waals surface area contributed by atoms with Gasteiger partial charge < -0.3 is 25.3 Å². The molecule has 206 valence electrons. The highest BCUT2D eigenvalue weighted by Gasteiger charge is 2.36. The van der Waals surface area contributed by atoms with E-state index in [9.17, 15) is 19.5 Å². The summed E-state index contributed by atoms with van der Waals surface area (Å²) < 4.78 is 0. The number of hydrogen-bond donors (Lipinski definition) is 4. The third-order valence-corrected chi connectivity index (χ3v) is 7.82. The number of hydrogen-bond acceptors (Lipinski definition) is 7. The summed E-state index contributed by atoms with van der Waals surface area (Å²) in [6.07, 6.45) is 3.88. The Balaban J connectivity index is 1.25. The van der Waals surface area contributed by atoms with Gasteiger partial charge in [-0.05, 0) is 69.6 Å². The van der Waals surface area contributed by atoms with E-state index >= 15 is 0 Å². The molecule has 4 aromatic rings. The van der Waals surface area contributed by atoms with Crippen LogP contribution in [-0.2, 0) is 0 Å². The van der Waals surface area contributed by atoms with Crippen molar-refractivity contribution in [2.24, 2.45) is 0 Å². The number of nitrogens with zero attached hydrogens (tertiary/aromatic N) is 3. The lowest BCUT2D eigenvalue weighted by atomic mass is 10.0. The zero-order chi connectivity index (χ0) is 27.8. The summed E-state index contributed by atoms with van der Waals surface area (Å²) in [6.45, 7) is 5.25. The predicted molar refractivity (Wildman–Crippen MR) is 152 cm³/mol. The molecule has 4 N–H and O–H groups in total. The van der Waals surface area contributed by atoms with Crippen LogP contribution in [-0.4, -0.2) is 73.9 Å². The molecule has 2 amide bonds. The Morgan fingerprint density at radius 1 is 1.00 bits per heavy atom. The molecule has 0 saturated carbocycles. The van der Waals surface area contributed by atoms with Crippen LogP contribution in [0.4, 0.5) is 5.69 Å². The van der Waals surface area contributed by atoms with Crippen LogP contribution in [0, 0.1) is 0 Å². The van der Waals surface area contributed by atoms with Gasteiger partial charge in [0.05, 0.1) is 40.0 Å². The van der Waals surface area contributed by atoms with Crippen molar-refractivity contribution in [2.45, 2.75) is 38.3 Å². The lowest BCUT2D eigenvalue weighted by molar-refractivity contribution is 0.0648. The summed E-state index contributed by atoms with van der Waals surface area (Å²) in [5, 5.41) is 14.1. The van der Waals surface area contributed by atoms with E-state index in [0.717, 1.165) is 31.6 Å². The molecular weight excluding hydrogens is 508 g/mol. The summed E-state index contributed by atoms with van der Waals surface area (Å²) in [4.78, 5) is 53.4. The molecular formula is C30H32N6O4. The second-order valence-corrected chi connectivity index (χ2v) is 10.5. The van der Waals surface area contributed by atoms with E-state index in [-0.39, 0.29) is 22.9 Å². The lowest BCUT2D eigenvalue weighted by Crippen LogP contribution is -2.33. The Morgan fingerprint density at radius 3 is 2.48 bits per heavy atom. The van der Waals surface area contributed by atoms with Gasteiger partial charge in [-0.3, -0.25) is 19.3 Å². The first-order valence-corrected chi connectivity index (χ1v) is 13.7. The molecule has 0 aliphatic carbocycles. The van der Waals surface area contributed by atoms with E-state index in [0.29, 0.717) is 40.2 Å². The number of fused-ring (bicyclic) bond motifs is 2. The molecule has 1 fully saturated rings. The van der Waals surface area contributed by atoms with E-state index in [1.165, 1.54) is 23.9 Å². The minimum atomic E-state index is -0.803. The van der Waals surface area contributed by atoms with Gasteiger partial charge in [0, 0.05) is 12.7 Å².